The van der Waals surface area contributed by atoms with Gasteiger partial charge in [-0.25, -0.2) is 4.39 Å². The van der Waals surface area contributed by atoms with Crippen molar-refractivity contribution in [3.05, 3.63) is 66.2 Å². The number of anilines is 2. The molecule has 0 unspecified atom stereocenters. The second kappa shape index (κ2) is 6.58. The summed E-state index contributed by atoms with van der Waals surface area (Å²) in [4.78, 5) is 17.0. The number of hydrogen-bond donors (Lipinski definition) is 2. The summed E-state index contributed by atoms with van der Waals surface area (Å²) >= 11 is 1.41. The smallest absolute Gasteiger partial charge is 0.229 e. The van der Waals surface area contributed by atoms with Gasteiger partial charge in [-0.2, -0.15) is 0 Å². The van der Waals surface area contributed by atoms with Crippen molar-refractivity contribution in [2.24, 2.45) is 0 Å². The largest absolute Gasteiger partial charge is 0.396 e. The van der Waals surface area contributed by atoms with Crippen LogP contribution in [-0.4, -0.2) is 10.9 Å². The number of nitrogens with two attached hydrogens (primary N) is 1. The molecule has 3 rings (SSSR count). The average molecular weight is 327 g/mol. The molecular formula is C17H14FN3OS. The topological polar surface area (TPSA) is 68.0 Å². The Kier molecular flexibility index (Phi) is 4.34. The summed E-state index contributed by atoms with van der Waals surface area (Å²) in [5.74, 6) is -0.509. The van der Waals surface area contributed by atoms with E-state index in [0.717, 1.165) is 16.0 Å². The number of thiophene rings is 1. The molecule has 0 atom stereocenters. The molecule has 2 aromatic heterocycles. The second-order valence-electron chi connectivity index (χ2n) is 4.98. The monoisotopic (exact) mass is 327 g/mol. The maximum Gasteiger partial charge on any atom is 0.229 e. The molecule has 0 fully saturated rings. The molecule has 0 spiro atoms. The Morgan fingerprint density at radius 3 is 2.57 bits per heavy atom. The van der Waals surface area contributed by atoms with E-state index in [9.17, 15) is 9.18 Å². The first-order chi connectivity index (χ1) is 11.1. The van der Waals surface area contributed by atoms with Crippen molar-refractivity contribution < 1.29 is 9.18 Å². The maximum absolute atomic E-state index is 12.9. The molecule has 0 aliphatic heterocycles. The van der Waals surface area contributed by atoms with Crippen molar-refractivity contribution in [2.45, 2.75) is 6.42 Å². The lowest BCUT2D eigenvalue weighted by molar-refractivity contribution is -0.115. The third kappa shape index (κ3) is 3.73. The minimum absolute atomic E-state index is 0.169. The summed E-state index contributed by atoms with van der Waals surface area (Å²) < 4.78 is 12.9. The van der Waals surface area contributed by atoms with Gasteiger partial charge in [0, 0.05) is 17.3 Å². The molecule has 6 heteroatoms. The molecule has 116 valence electrons. The Bertz CT molecular complexity index is 816. The van der Waals surface area contributed by atoms with Gasteiger partial charge in [-0.3, -0.25) is 9.78 Å². The van der Waals surface area contributed by atoms with Gasteiger partial charge in [0.2, 0.25) is 5.91 Å². The van der Waals surface area contributed by atoms with Crippen molar-refractivity contribution in [1.82, 2.24) is 4.98 Å². The Hall–Kier alpha value is -2.73. The van der Waals surface area contributed by atoms with Crippen LogP contribution in [0.3, 0.4) is 0 Å². The summed E-state index contributed by atoms with van der Waals surface area (Å²) in [6.07, 6.45) is 3.58. The van der Waals surface area contributed by atoms with E-state index < -0.39 is 0 Å². The molecule has 1 aromatic carbocycles. The van der Waals surface area contributed by atoms with Crippen LogP contribution in [0.2, 0.25) is 0 Å². The van der Waals surface area contributed by atoms with Gasteiger partial charge in [-0.15, -0.1) is 11.3 Å². The summed E-state index contributed by atoms with van der Waals surface area (Å²) in [5.41, 5.74) is 8.23. The van der Waals surface area contributed by atoms with Crippen LogP contribution in [0, 0.1) is 5.82 Å². The summed E-state index contributed by atoms with van der Waals surface area (Å²) in [6, 6.07) is 11.5. The zero-order chi connectivity index (χ0) is 16.2. The standard InChI is InChI=1S/C17H14FN3OS/c18-13-3-1-11(2-4-13)9-16(22)21-17-14(19)10-15(23-17)12-5-7-20-8-6-12/h1-8,10H,9,19H2,(H,21,22). The molecule has 0 saturated carbocycles. The van der Waals surface area contributed by atoms with Gasteiger partial charge in [-0.1, -0.05) is 12.1 Å². The maximum atomic E-state index is 12.9. The highest BCUT2D eigenvalue weighted by Crippen LogP contribution is 2.36. The first kappa shape index (κ1) is 15.2. The quantitative estimate of drug-likeness (QED) is 0.767. The number of rotatable bonds is 4. The van der Waals surface area contributed by atoms with Crippen LogP contribution in [0.5, 0.6) is 0 Å². The molecule has 0 bridgehead atoms. The van der Waals surface area contributed by atoms with Crippen LogP contribution >= 0.6 is 11.3 Å². The van der Waals surface area contributed by atoms with Gasteiger partial charge >= 0.3 is 0 Å². The zero-order valence-corrected chi connectivity index (χ0v) is 12.9. The minimum atomic E-state index is -0.321. The van der Waals surface area contributed by atoms with E-state index in [1.54, 1.807) is 24.5 Å². The van der Waals surface area contributed by atoms with Crippen LogP contribution in [0.25, 0.3) is 10.4 Å². The third-order valence-corrected chi connectivity index (χ3v) is 4.37. The number of nitrogen functional groups attached to an aromatic ring is 1. The summed E-state index contributed by atoms with van der Waals surface area (Å²) in [5, 5.41) is 3.42. The molecule has 0 radical (unpaired) electrons. The SMILES string of the molecule is Nc1cc(-c2ccncc2)sc1NC(=O)Cc1ccc(F)cc1. The van der Waals surface area contributed by atoms with Gasteiger partial charge in [0.05, 0.1) is 12.1 Å². The number of aromatic nitrogens is 1. The fourth-order valence-corrected chi connectivity index (χ4v) is 3.12. The number of carbonyl (C=O) groups is 1. The van der Waals surface area contributed by atoms with E-state index >= 15 is 0 Å². The second-order valence-corrected chi connectivity index (χ2v) is 6.03. The number of benzene rings is 1. The van der Waals surface area contributed by atoms with Crippen LogP contribution in [0.1, 0.15) is 5.56 Å². The lowest BCUT2D eigenvalue weighted by Gasteiger charge is -2.04. The van der Waals surface area contributed by atoms with Crippen molar-refractivity contribution in [1.29, 1.82) is 0 Å². The van der Waals surface area contributed by atoms with E-state index in [1.807, 2.05) is 18.2 Å². The molecular weight excluding hydrogens is 313 g/mol. The number of carbonyl (C=O) groups excluding carboxylic acids is 1. The number of amides is 1. The normalized spacial score (nSPS) is 10.5. The van der Waals surface area contributed by atoms with E-state index in [0.29, 0.717) is 10.7 Å². The van der Waals surface area contributed by atoms with Gasteiger partial charge in [0.1, 0.15) is 10.8 Å². The molecule has 0 saturated heterocycles. The van der Waals surface area contributed by atoms with E-state index in [1.165, 1.54) is 23.5 Å². The predicted octanol–water partition coefficient (Wildman–Crippen LogP) is 3.71. The average Bonchev–Trinajstić information content (AvgIpc) is 2.91. The highest BCUT2D eigenvalue weighted by atomic mass is 32.1. The van der Waals surface area contributed by atoms with Crippen molar-refractivity contribution in [2.75, 3.05) is 11.1 Å². The molecule has 1 amide bonds. The third-order valence-electron chi connectivity index (χ3n) is 3.26. The fourth-order valence-electron chi connectivity index (χ4n) is 2.12. The van der Waals surface area contributed by atoms with Crippen LogP contribution in [0.15, 0.2) is 54.9 Å². The van der Waals surface area contributed by atoms with E-state index in [2.05, 4.69) is 10.3 Å². The molecule has 0 aliphatic rings. The number of pyridine rings is 1. The lowest BCUT2D eigenvalue weighted by Crippen LogP contribution is -2.14. The Morgan fingerprint density at radius 2 is 1.87 bits per heavy atom. The summed E-state index contributed by atoms with van der Waals surface area (Å²) in [6.45, 7) is 0. The Morgan fingerprint density at radius 1 is 1.17 bits per heavy atom. The molecule has 3 aromatic rings. The van der Waals surface area contributed by atoms with Crippen molar-refractivity contribution in [3.8, 4) is 10.4 Å². The fraction of sp³-hybridized carbons (Fsp3) is 0.0588. The van der Waals surface area contributed by atoms with Gasteiger partial charge in [-0.05, 0) is 41.5 Å². The predicted molar refractivity (Wildman–Crippen MR) is 90.7 cm³/mol. The zero-order valence-electron chi connectivity index (χ0n) is 12.1. The first-order valence-corrected chi connectivity index (χ1v) is 7.77. The van der Waals surface area contributed by atoms with Gasteiger partial charge < -0.3 is 11.1 Å². The van der Waals surface area contributed by atoms with E-state index in [-0.39, 0.29) is 18.1 Å². The summed E-state index contributed by atoms with van der Waals surface area (Å²) in [7, 11) is 0. The number of halogens is 1. The Balaban J connectivity index is 1.71. The van der Waals surface area contributed by atoms with E-state index in [4.69, 9.17) is 5.73 Å². The molecule has 3 N–H and O–H groups in total. The van der Waals surface area contributed by atoms with Crippen LogP contribution in [-0.2, 0) is 11.2 Å². The molecule has 23 heavy (non-hydrogen) atoms. The Labute approximate surface area is 136 Å². The highest BCUT2D eigenvalue weighted by Gasteiger charge is 2.11. The van der Waals surface area contributed by atoms with Crippen molar-refractivity contribution in [3.63, 3.8) is 0 Å². The van der Waals surface area contributed by atoms with Crippen LogP contribution in [0.4, 0.5) is 15.1 Å². The molecule has 4 nitrogen and oxygen atoms in total. The minimum Gasteiger partial charge on any atom is -0.396 e. The van der Waals surface area contributed by atoms with Gasteiger partial charge in [0.25, 0.3) is 0 Å². The van der Waals surface area contributed by atoms with Crippen LogP contribution < -0.4 is 11.1 Å². The first-order valence-electron chi connectivity index (χ1n) is 6.96. The lowest BCUT2D eigenvalue weighted by atomic mass is 10.1. The van der Waals surface area contributed by atoms with Crippen molar-refractivity contribution >= 4 is 27.9 Å². The number of nitrogens with zero attached hydrogens (tertiary/aromatic N) is 1. The number of nitrogens with one attached hydrogen (secondary N) is 1. The molecule has 0 aliphatic carbocycles. The molecule has 2 heterocycles. The number of hydrogen-bond acceptors (Lipinski definition) is 4. The highest BCUT2D eigenvalue weighted by molar-refractivity contribution is 7.20. The van der Waals surface area contributed by atoms with Gasteiger partial charge in [0.15, 0.2) is 0 Å².